The topological polar surface area (TPSA) is 106 Å². The van der Waals surface area contributed by atoms with E-state index in [4.69, 9.17) is 4.74 Å². The van der Waals surface area contributed by atoms with E-state index in [1.165, 1.54) is 0 Å². The molecule has 0 amide bonds. The number of H-pyrrole nitrogens is 1. The van der Waals surface area contributed by atoms with Crippen molar-refractivity contribution in [3.63, 3.8) is 0 Å². The van der Waals surface area contributed by atoms with Crippen molar-refractivity contribution < 1.29 is 4.74 Å². The number of pyridine rings is 1. The van der Waals surface area contributed by atoms with E-state index in [0.29, 0.717) is 11.6 Å². The second kappa shape index (κ2) is 7.44. The van der Waals surface area contributed by atoms with Gasteiger partial charge in [0.1, 0.15) is 23.8 Å². The van der Waals surface area contributed by atoms with E-state index in [9.17, 15) is 0 Å². The molecule has 0 aliphatic carbocycles. The summed E-state index contributed by atoms with van der Waals surface area (Å²) in [6.07, 6.45) is 9.33. The van der Waals surface area contributed by atoms with Gasteiger partial charge >= 0.3 is 0 Å². The first-order chi connectivity index (χ1) is 15.3. The second-order valence-electron chi connectivity index (χ2n) is 7.68. The Kier molecular flexibility index (Phi) is 4.31. The van der Waals surface area contributed by atoms with E-state index >= 15 is 0 Å². The molecule has 5 heterocycles. The van der Waals surface area contributed by atoms with Crippen molar-refractivity contribution in [3.05, 3.63) is 55.2 Å². The number of benzene rings is 1. The third-order valence-electron chi connectivity index (χ3n) is 5.58. The van der Waals surface area contributed by atoms with Crippen molar-refractivity contribution in [1.29, 1.82) is 0 Å². The van der Waals surface area contributed by atoms with Gasteiger partial charge in [0.25, 0.3) is 0 Å². The molecule has 1 unspecified atom stereocenters. The lowest BCUT2D eigenvalue weighted by atomic mass is 10.0. The lowest BCUT2D eigenvalue weighted by Crippen LogP contribution is -2.37. The summed E-state index contributed by atoms with van der Waals surface area (Å²) in [7, 11) is 0. The first kappa shape index (κ1) is 18.0. The summed E-state index contributed by atoms with van der Waals surface area (Å²) >= 11 is 0. The zero-order valence-electron chi connectivity index (χ0n) is 16.7. The van der Waals surface area contributed by atoms with Crippen molar-refractivity contribution in [3.8, 4) is 28.4 Å². The molecule has 1 saturated heterocycles. The number of nitrogens with zero attached hydrogens (tertiary/aromatic N) is 6. The zero-order valence-corrected chi connectivity index (χ0v) is 16.7. The number of rotatable bonds is 4. The highest BCUT2D eigenvalue weighted by Gasteiger charge is 2.17. The van der Waals surface area contributed by atoms with E-state index in [-0.39, 0.29) is 6.10 Å². The molecule has 1 atom stereocenters. The lowest BCUT2D eigenvalue weighted by Gasteiger charge is -2.23. The van der Waals surface area contributed by atoms with Gasteiger partial charge in [0, 0.05) is 18.1 Å². The number of fused-ring (bicyclic) bond motifs is 2. The fourth-order valence-corrected chi connectivity index (χ4v) is 4.00. The number of piperidine rings is 1. The Morgan fingerprint density at radius 1 is 1.10 bits per heavy atom. The average Bonchev–Trinajstić information content (AvgIpc) is 3.46. The summed E-state index contributed by atoms with van der Waals surface area (Å²) in [4.78, 5) is 9.02. The minimum Gasteiger partial charge on any atom is -0.472 e. The van der Waals surface area contributed by atoms with Gasteiger partial charge in [-0.3, -0.25) is 14.5 Å². The first-order valence-corrected chi connectivity index (χ1v) is 10.3. The van der Waals surface area contributed by atoms with Crippen molar-refractivity contribution >= 4 is 16.6 Å². The summed E-state index contributed by atoms with van der Waals surface area (Å²) in [5.41, 5.74) is 5.32. The molecule has 0 spiro atoms. The molecule has 2 N–H and O–H groups in total. The van der Waals surface area contributed by atoms with Crippen LogP contribution in [0.3, 0.4) is 0 Å². The lowest BCUT2D eigenvalue weighted by molar-refractivity contribution is 0.160. The van der Waals surface area contributed by atoms with E-state index < -0.39 is 0 Å². The minimum absolute atomic E-state index is 0.119. The number of aromatic amines is 1. The number of hydrogen-bond donors (Lipinski definition) is 2. The van der Waals surface area contributed by atoms with Crippen LogP contribution in [0.5, 0.6) is 5.88 Å². The van der Waals surface area contributed by atoms with Crippen LogP contribution in [0.25, 0.3) is 39.1 Å². The third kappa shape index (κ3) is 3.38. The molecule has 9 heteroatoms. The Balaban J connectivity index is 1.36. The number of nitrogens with one attached hydrogen (secondary N) is 2. The van der Waals surface area contributed by atoms with Crippen molar-refractivity contribution in [2.24, 2.45) is 0 Å². The number of ether oxygens (including phenoxy) is 1. The smallest absolute Gasteiger partial charge is 0.233 e. The van der Waals surface area contributed by atoms with Crippen LogP contribution in [0.2, 0.25) is 0 Å². The van der Waals surface area contributed by atoms with Crippen molar-refractivity contribution in [2.75, 3.05) is 13.1 Å². The molecule has 0 bridgehead atoms. The summed E-state index contributed by atoms with van der Waals surface area (Å²) in [5.74, 6) is 0.525. The van der Waals surface area contributed by atoms with Crippen LogP contribution in [-0.4, -0.2) is 54.0 Å². The summed E-state index contributed by atoms with van der Waals surface area (Å²) < 4.78 is 7.95. The molecule has 31 heavy (non-hydrogen) atoms. The quantitative estimate of drug-likeness (QED) is 0.467. The average molecular weight is 412 g/mol. The van der Waals surface area contributed by atoms with Crippen LogP contribution in [0.4, 0.5) is 0 Å². The monoisotopic (exact) mass is 412 g/mol. The SMILES string of the molecule is c1cc2[nH]nc(-c3cncc(OC4CCCNC4)n3)c2cc1-c1ccc2nncn2c1. The summed E-state index contributed by atoms with van der Waals surface area (Å²) in [6.45, 7) is 1.87. The van der Waals surface area contributed by atoms with Crippen LogP contribution in [-0.2, 0) is 0 Å². The van der Waals surface area contributed by atoms with E-state index in [1.54, 1.807) is 18.7 Å². The van der Waals surface area contributed by atoms with Gasteiger partial charge in [0.05, 0.1) is 17.9 Å². The normalized spacial score (nSPS) is 16.7. The highest BCUT2D eigenvalue weighted by Crippen LogP contribution is 2.30. The van der Waals surface area contributed by atoms with E-state index in [2.05, 4.69) is 47.8 Å². The molecule has 1 aliphatic rings. The van der Waals surface area contributed by atoms with Crippen molar-refractivity contribution in [2.45, 2.75) is 18.9 Å². The standard InChI is InChI=1S/C22H20N8O/c1-2-16(9-23-7-1)31-21-11-24-10-19(26-21)22-17-8-14(3-5-18(17)27-29-22)15-4-6-20-28-25-13-30(20)12-15/h3-6,8,10-13,16,23H,1-2,7,9H2,(H,27,29). The number of hydrogen-bond acceptors (Lipinski definition) is 7. The molecule has 1 aliphatic heterocycles. The van der Waals surface area contributed by atoms with Gasteiger partial charge in [-0.1, -0.05) is 6.07 Å². The highest BCUT2D eigenvalue weighted by atomic mass is 16.5. The minimum atomic E-state index is 0.119. The molecular formula is C22H20N8O. The maximum atomic E-state index is 6.04. The van der Waals surface area contributed by atoms with Gasteiger partial charge in [-0.2, -0.15) is 5.10 Å². The predicted molar refractivity (Wildman–Crippen MR) is 116 cm³/mol. The highest BCUT2D eigenvalue weighted by molar-refractivity contribution is 5.94. The van der Waals surface area contributed by atoms with Crippen LogP contribution in [0, 0.1) is 0 Å². The molecule has 6 rings (SSSR count). The van der Waals surface area contributed by atoms with E-state index in [0.717, 1.165) is 59.3 Å². The molecule has 154 valence electrons. The van der Waals surface area contributed by atoms with Gasteiger partial charge in [0.2, 0.25) is 5.88 Å². The fraction of sp³-hybridized carbons (Fsp3) is 0.227. The maximum Gasteiger partial charge on any atom is 0.233 e. The Bertz CT molecular complexity index is 1370. The Labute approximate surface area is 177 Å². The molecule has 0 radical (unpaired) electrons. The molecule has 0 saturated carbocycles. The first-order valence-electron chi connectivity index (χ1n) is 10.3. The summed E-state index contributed by atoms with van der Waals surface area (Å²) in [5, 5.41) is 20.0. The van der Waals surface area contributed by atoms with E-state index in [1.807, 2.05) is 28.8 Å². The maximum absolute atomic E-state index is 6.04. The Morgan fingerprint density at radius 3 is 3.00 bits per heavy atom. The van der Waals surface area contributed by atoms with Crippen molar-refractivity contribution in [1.82, 2.24) is 40.1 Å². The van der Waals surface area contributed by atoms with Crippen LogP contribution >= 0.6 is 0 Å². The second-order valence-corrected chi connectivity index (χ2v) is 7.68. The fourth-order valence-electron chi connectivity index (χ4n) is 4.00. The largest absolute Gasteiger partial charge is 0.472 e. The van der Waals surface area contributed by atoms with Gasteiger partial charge < -0.3 is 10.1 Å². The molecule has 1 aromatic carbocycles. The van der Waals surface area contributed by atoms with Gasteiger partial charge in [-0.25, -0.2) is 4.98 Å². The van der Waals surface area contributed by atoms with Gasteiger partial charge in [0.15, 0.2) is 5.65 Å². The van der Waals surface area contributed by atoms with Crippen LogP contribution < -0.4 is 10.1 Å². The Morgan fingerprint density at radius 2 is 2.06 bits per heavy atom. The molecule has 9 nitrogen and oxygen atoms in total. The van der Waals surface area contributed by atoms with Gasteiger partial charge in [-0.05, 0) is 54.8 Å². The molecule has 4 aromatic heterocycles. The predicted octanol–water partition coefficient (Wildman–Crippen LogP) is 2.86. The number of aromatic nitrogens is 7. The van der Waals surface area contributed by atoms with Gasteiger partial charge in [-0.15, -0.1) is 10.2 Å². The molecule has 1 fully saturated rings. The Hall–Kier alpha value is -3.85. The third-order valence-corrected chi connectivity index (χ3v) is 5.58. The molecule has 5 aromatic rings. The van der Waals surface area contributed by atoms with Crippen LogP contribution in [0.1, 0.15) is 12.8 Å². The van der Waals surface area contributed by atoms with Crippen LogP contribution in [0.15, 0.2) is 55.2 Å². The summed E-state index contributed by atoms with van der Waals surface area (Å²) in [6, 6.07) is 10.2. The zero-order chi connectivity index (χ0) is 20.6. The molecular weight excluding hydrogens is 392 g/mol.